The van der Waals surface area contributed by atoms with Crippen molar-refractivity contribution in [3.05, 3.63) is 29.3 Å². The van der Waals surface area contributed by atoms with Crippen molar-refractivity contribution in [3.8, 4) is 0 Å². The van der Waals surface area contributed by atoms with Gasteiger partial charge < -0.3 is 0 Å². The fraction of sp³-hybridized carbons (Fsp3) is 0.250. The smallest absolute Gasteiger partial charge is 0.207 e. The molecular formula is C8H5F5S. The van der Waals surface area contributed by atoms with Gasteiger partial charge in [0, 0.05) is 5.56 Å². The van der Waals surface area contributed by atoms with Crippen molar-refractivity contribution < 1.29 is 22.0 Å². The van der Waals surface area contributed by atoms with Crippen LogP contribution in [0.1, 0.15) is 5.56 Å². The lowest BCUT2D eigenvalue weighted by atomic mass is 10.2. The van der Waals surface area contributed by atoms with Crippen molar-refractivity contribution in [1.82, 2.24) is 0 Å². The minimum Gasteiger partial charge on any atom is -0.207 e. The third-order valence-electron chi connectivity index (χ3n) is 1.51. The van der Waals surface area contributed by atoms with Crippen LogP contribution >= 0.6 is 11.8 Å². The fourth-order valence-electron chi connectivity index (χ4n) is 0.840. The Morgan fingerprint density at radius 3 is 2.21 bits per heavy atom. The molecule has 6 heteroatoms. The Morgan fingerprint density at radius 2 is 1.71 bits per heavy atom. The Morgan fingerprint density at radius 1 is 1.14 bits per heavy atom. The topological polar surface area (TPSA) is 0 Å². The van der Waals surface area contributed by atoms with Crippen LogP contribution in [-0.4, -0.2) is 5.51 Å². The maximum absolute atomic E-state index is 13.0. The van der Waals surface area contributed by atoms with E-state index in [9.17, 15) is 22.0 Å². The summed E-state index contributed by atoms with van der Waals surface area (Å²) in [5.74, 6) is -2.01. The van der Waals surface area contributed by atoms with Crippen molar-refractivity contribution in [3.63, 3.8) is 0 Å². The lowest BCUT2D eigenvalue weighted by molar-refractivity contribution is -0.0329. The van der Waals surface area contributed by atoms with Gasteiger partial charge in [-0.1, -0.05) is 0 Å². The van der Waals surface area contributed by atoms with E-state index >= 15 is 0 Å². The lowest BCUT2D eigenvalue weighted by Gasteiger charge is -2.08. The highest BCUT2D eigenvalue weighted by Gasteiger charge is 2.31. The first-order chi connectivity index (χ1) is 6.31. The molecule has 0 bridgehead atoms. The number of thioether (sulfide) groups is 1. The number of halogens is 5. The highest BCUT2D eigenvalue weighted by molar-refractivity contribution is 8.00. The van der Waals surface area contributed by atoms with E-state index in [1.54, 1.807) is 0 Å². The first-order valence-corrected chi connectivity index (χ1v) is 4.33. The Kier molecular flexibility index (Phi) is 3.04. The van der Waals surface area contributed by atoms with Gasteiger partial charge in [-0.15, -0.1) is 0 Å². The van der Waals surface area contributed by atoms with E-state index in [2.05, 4.69) is 0 Å². The third kappa shape index (κ3) is 2.60. The molecule has 78 valence electrons. The predicted molar refractivity (Wildman–Crippen MR) is 43.0 cm³/mol. The second-order valence-electron chi connectivity index (χ2n) is 2.53. The van der Waals surface area contributed by atoms with Gasteiger partial charge in [0.25, 0.3) is 0 Å². The van der Waals surface area contributed by atoms with Gasteiger partial charge in [0.2, 0.25) is 0 Å². The molecule has 0 aliphatic rings. The molecular weight excluding hydrogens is 223 g/mol. The normalized spacial score (nSPS) is 11.9. The fourth-order valence-corrected chi connectivity index (χ4v) is 1.47. The summed E-state index contributed by atoms with van der Waals surface area (Å²) in [6, 6.07) is 1.59. The Balaban J connectivity index is 3.06. The number of alkyl halides is 3. The monoisotopic (exact) mass is 228 g/mol. The highest BCUT2D eigenvalue weighted by atomic mass is 32.2. The molecule has 0 heterocycles. The van der Waals surface area contributed by atoms with Crippen LogP contribution in [0.2, 0.25) is 0 Å². The summed E-state index contributed by atoms with van der Waals surface area (Å²) >= 11 is -0.591. The summed E-state index contributed by atoms with van der Waals surface area (Å²) in [4.78, 5) is -0.614. The second-order valence-corrected chi connectivity index (χ2v) is 3.64. The first-order valence-electron chi connectivity index (χ1n) is 3.51. The molecule has 0 fully saturated rings. The van der Waals surface area contributed by atoms with E-state index in [-0.39, 0.29) is 0 Å². The zero-order valence-corrected chi connectivity index (χ0v) is 7.77. The number of hydrogen-bond donors (Lipinski definition) is 0. The maximum Gasteiger partial charge on any atom is 0.446 e. The molecule has 0 unspecified atom stereocenters. The van der Waals surface area contributed by atoms with Crippen molar-refractivity contribution in [2.45, 2.75) is 17.3 Å². The van der Waals surface area contributed by atoms with E-state index in [1.165, 1.54) is 0 Å². The highest BCUT2D eigenvalue weighted by Crippen LogP contribution is 2.38. The average molecular weight is 228 g/mol. The third-order valence-corrected chi connectivity index (χ3v) is 2.28. The van der Waals surface area contributed by atoms with E-state index in [0.717, 1.165) is 19.1 Å². The van der Waals surface area contributed by atoms with Crippen molar-refractivity contribution >= 4 is 11.8 Å². The molecule has 0 spiro atoms. The number of rotatable bonds is 1. The summed E-state index contributed by atoms with van der Waals surface area (Å²) in [7, 11) is 0. The molecule has 0 aromatic heterocycles. The summed E-state index contributed by atoms with van der Waals surface area (Å²) in [5, 5.41) is 0. The predicted octanol–water partition coefficient (Wildman–Crippen LogP) is 3.89. The molecule has 0 N–H and O–H groups in total. The molecule has 0 atom stereocenters. The quantitative estimate of drug-likeness (QED) is 0.519. The van der Waals surface area contributed by atoms with Crippen molar-refractivity contribution in [2.75, 3.05) is 0 Å². The van der Waals surface area contributed by atoms with Gasteiger partial charge in [-0.2, -0.15) is 13.2 Å². The molecule has 0 radical (unpaired) electrons. The van der Waals surface area contributed by atoms with E-state index in [0.29, 0.717) is 0 Å². The largest absolute Gasteiger partial charge is 0.446 e. The summed E-state index contributed by atoms with van der Waals surface area (Å²) < 4.78 is 61.3. The molecule has 0 saturated carbocycles. The number of hydrogen-bond acceptors (Lipinski definition) is 1. The van der Waals surface area contributed by atoms with Crippen LogP contribution in [0.3, 0.4) is 0 Å². The minimum absolute atomic E-state index is 0.403. The van der Waals surface area contributed by atoms with Crippen molar-refractivity contribution in [2.24, 2.45) is 0 Å². The van der Waals surface area contributed by atoms with Gasteiger partial charge in [0.15, 0.2) is 0 Å². The maximum atomic E-state index is 13.0. The van der Waals surface area contributed by atoms with Gasteiger partial charge in [-0.25, -0.2) is 8.78 Å². The zero-order chi connectivity index (χ0) is 10.9. The van der Waals surface area contributed by atoms with Crippen LogP contribution in [0.5, 0.6) is 0 Å². The van der Waals surface area contributed by atoms with Gasteiger partial charge in [-0.3, -0.25) is 0 Å². The molecule has 0 amide bonds. The second kappa shape index (κ2) is 3.76. The molecule has 1 aromatic rings. The average Bonchev–Trinajstić information content (AvgIpc) is 2.04. The van der Waals surface area contributed by atoms with Crippen LogP contribution in [0.25, 0.3) is 0 Å². The van der Waals surface area contributed by atoms with Crippen LogP contribution < -0.4 is 0 Å². The molecule has 0 aliphatic heterocycles. The lowest BCUT2D eigenvalue weighted by Crippen LogP contribution is -2.01. The molecule has 0 aliphatic carbocycles. The van der Waals surface area contributed by atoms with Crippen LogP contribution in [-0.2, 0) is 0 Å². The zero-order valence-electron chi connectivity index (χ0n) is 6.95. The summed E-state index contributed by atoms with van der Waals surface area (Å²) in [5.41, 5.74) is -4.97. The summed E-state index contributed by atoms with van der Waals surface area (Å²) in [6.45, 7) is 1.09. The van der Waals surface area contributed by atoms with Gasteiger partial charge in [0.05, 0.1) is 4.90 Å². The standard InChI is InChI=1S/C8H5F5S/c1-4-5(9)2-3-6(7(4)10)14-8(11,12)13/h2-3H,1H3. The summed E-state index contributed by atoms with van der Waals surface area (Å²) in [6.07, 6.45) is 0. The van der Waals surface area contributed by atoms with E-state index in [1.807, 2.05) is 0 Å². The van der Waals surface area contributed by atoms with E-state index in [4.69, 9.17) is 0 Å². The first kappa shape index (κ1) is 11.3. The van der Waals surface area contributed by atoms with Crippen LogP contribution in [0.15, 0.2) is 17.0 Å². The molecule has 14 heavy (non-hydrogen) atoms. The van der Waals surface area contributed by atoms with E-state index < -0.39 is 39.4 Å². The van der Waals surface area contributed by atoms with Crippen LogP contribution in [0.4, 0.5) is 22.0 Å². The minimum atomic E-state index is -4.56. The molecule has 0 nitrogen and oxygen atoms in total. The number of benzene rings is 1. The molecule has 0 saturated heterocycles. The molecule has 1 aromatic carbocycles. The van der Waals surface area contributed by atoms with Crippen LogP contribution in [0, 0.1) is 18.6 Å². The van der Waals surface area contributed by atoms with Gasteiger partial charge >= 0.3 is 5.51 Å². The Bertz CT molecular complexity index is 344. The van der Waals surface area contributed by atoms with Crippen molar-refractivity contribution in [1.29, 1.82) is 0 Å². The molecule has 1 rings (SSSR count). The van der Waals surface area contributed by atoms with Gasteiger partial charge in [0.1, 0.15) is 11.6 Å². The van der Waals surface area contributed by atoms with Gasteiger partial charge in [-0.05, 0) is 30.8 Å². The SMILES string of the molecule is Cc1c(F)ccc(SC(F)(F)F)c1F. The Hall–Kier alpha value is -0.780. The Labute approximate surface area is 81.1 Å².